The van der Waals surface area contributed by atoms with Gasteiger partial charge in [0.25, 0.3) is 15.9 Å². The zero-order chi connectivity index (χ0) is 23.3. The van der Waals surface area contributed by atoms with Gasteiger partial charge < -0.3 is 0 Å². The molecule has 0 aliphatic carbocycles. The van der Waals surface area contributed by atoms with Gasteiger partial charge in [0, 0.05) is 5.02 Å². The molecule has 0 unspecified atom stereocenters. The van der Waals surface area contributed by atoms with Crippen molar-refractivity contribution in [3.8, 4) is 0 Å². The number of nitrogens with one attached hydrogen (secondary N) is 1. The Morgan fingerprint density at radius 1 is 1.00 bits per heavy atom. The zero-order valence-corrected chi connectivity index (χ0v) is 19.6. The monoisotopic (exact) mass is 469 g/mol. The van der Waals surface area contributed by atoms with E-state index < -0.39 is 22.5 Å². The molecular weight excluding hydrogens is 446 g/mol. The van der Waals surface area contributed by atoms with E-state index in [0.29, 0.717) is 16.4 Å². The Bertz CT molecular complexity index is 1240. The van der Waals surface area contributed by atoms with Gasteiger partial charge in [-0.2, -0.15) is 5.10 Å². The normalized spacial score (nSPS) is 11.8. The Labute approximate surface area is 193 Å². The standard InChI is InChI=1S/C24H24ClN3O3S/c1-17-9-10-18(2)23(15-17)28(32(30,31)22-7-5-4-6-8-22)16-24(29)27-26-19(3)20-11-13-21(25)14-12-20/h4-15H,16H2,1-3H3,(H,27,29)/b26-19-. The van der Waals surface area contributed by atoms with Gasteiger partial charge in [0.05, 0.1) is 16.3 Å². The zero-order valence-electron chi connectivity index (χ0n) is 18.0. The summed E-state index contributed by atoms with van der Waals surface area (Å²) >= 11 is 5.90. The highest BCUT2D eigenvalue weighted by molar-refractivity contribution is 7.92. The molecule has 3 aromatic rings. The van der Waals surface area contributed by atoms with Gasteiger partial charge in [0.1, 0.15) is 6.54 Å². The number of anilines is 1. The maximum Gasteiger partial charge on any atom is 0.264 e. The van der Waals surface area contributed by atoms with Crippen LogP contribution in [0.5, 0.6) is 0 Å². The topological polar surface area (TPSA) is 78.8 Å². The number of sulfonamides is 1. The van der Waals surface area contributed by atoms with Crippen LogP contribution in [0.3, 0.4) is 0 Å². The number of hydrogen-bond donors (Lipinski definition) is 1. The molecule has 1 N–H and O–H groups in total. The Balaban J connectivity index is 1.90. The average molecular weight is 470 g/mol. The fourth-order valence-corrected chi connectivity index (χ4v) is 4.70. The SMILES string of the molecule is C/C(=N/NC(=O)CN(c1cc(C)ccc1C)S(=O)(=O)c1ccccc1)c1ccc(Cl)cc1. The Morgan fingerprint density at radius 3 is 2.31 bits per heavy atom. The largest absolute Gasteiger partial charge is 0.271 e. The van der Waals surface area contributed by atoms with Gasteiger partial charge in [-0.1, -0.05) is 54.1 Å². The summed E-state index contributed by atoms with van der Waals surface area (Å²) in [4.78, 5) is 12.9. The van der Waals surface area contributed by atoms with Crippen molar-refractivity contribution in [2.24, 2.45) is 5.10 Å². The molecule has 0 bridgehead atoms. The number of benzene rings is 3. The molecule has 0 aromatic heterocycles. The summed E-state index contributed by atoms with van der Waals surface area (Å²) in [6.45, 7) is 5.00. The summed E-state index contributed by atoms with van der Waals surface area (Å²) in [5.74, 6) is -0.557. The molecule has 8 heteroatoms. The van der Waals surface area contributed by atoms with Crippen molar-refractivity contribution in [2.75, 3.05) is 10.8 Å². The lowest BCUT2D eigenvalue weighted by atomic mass is 10.1. The van der Waals surface area contributed by atoms with Crippen molar-refractivity contribution in [2.45, 2.75) is 25.7 Å². The predicted octanol–water partition coefficient (Wildman–Crippen LogP) is 4.69. The van der Waals surface area contributed by atoms with Crippen molar-refractivity contribution in [1.29, 1.82) is 0 Å². The van der Waals surface area contributed by atoms with Crippen LogP contribution in [0, 0.1) is 13.8 Å². The molecule has 0 radical (unpaired) electrons. The second-order valence-corrected chi connectivity index (χ2v) is 9.65. The predicted molar refractivity (Wildman–Crippen MR) is 129 cm³/mol. The summed E-state index contributed by atoms with van der Waals surface area (Å²) in [5.41, 5.74) is 5.89. The van der Waals surface area contributed by atoms with E-state index in [1.165, 1.54) is 12.1 Å². The number of amides is 1. The first-order chi connectivity index (χ1) is 15.2. The highest BCUT2D eigenvalue weighted by Crippen LogP contribution is 2.27. The minimum atomic E-state index is -3.97. The third kappa shape index (κ3) is 5.55. The maximum atomic E-state index is 13.4. The molecule has 0 fully saturated rings. The lowest BCUT2D eigenvalue weighted by molar-refractivity contribution is -0.119. The number of hydrogen-bond acceptors (Lipinski definition) is 4. The summed E-state index contributed by atoms with van der Waals surface area (Å²) in [6.07, 6.45) is 0. The van der Waals surface area contributed by atoms with Gasteiger partial charge in [-0.05, 0) is 67.8 Å². The molecule has 0 saturated heterocycles. The lowest BCUT2D eigenvalue weighted by Crippen LogP contribution is -2.40. The lowest BCUT2D eigenvalue weighted by Gasteiger charge is -2.25. The number of aryl methyl sites for hydroxylation is 2. The Morgan fingerprint density at radius 2 is 1.66 bits per heavy atom. The van der Waals surface area contributed by atoms with Crippen LogP contribution in [0.4, 0.5) is 5.69 Å². The first kappa shape index (κ1) is 23.5. The first-order valence-corrected chi connectivity index (χ1v) is 11.7. The van der Waals surface area contributed by atoms with Crippen molar-refractivity contribution in [3.63, 3.8) is 0 Å². The quantitative estimate of drug-likeness (QED) is 0.402. The van der Waals surface area contributed by atoms with Crippen molar-refractivity contribution >= 4 is 38.9 Å². The number of hydrazone groups is 1. The van der Waals surface area contributed by atoms with E-state index in [2.05, 4.69) is 10.5 Å². The van der Waals surface area contributed by atoms with Crippen LogP contribution in [-0.4, -0.2) is 26.6 Å². The van der Waals surface area contributed by atoms with E-state index in [1.807, 2.05) is 26.0 Å². The molecular formula is C24H24ClN3O3S. The van der Waals surface area contributed by atoms with Crippen LogP contribution in [0.25, 0.3) is 0 Å². The van der Waals surface area contributed by atoms with E-state index in [1.54, 1.807) is 55.5 Å². The van der Waals surface area contributed by atoms with Crippen LogP contribution in [0.2, 0.25) is 5.02 Å². The number of nitrogens with zero attached hydrogens (tertiary/aromatic N) is 2. The van der Waals surface area contributed by atoms with Gasteiger partial charge in [-0.25, -0.2) is 13.8 Å². The molecule has 0 spiro atoms. The third-order valence-electron chi connectivity index (χ3n) is 4.86. The highest BCUT2D eigenvalue weighted by atomic mass is 35.5. The van der Waals surface area contributed by atoms with Crippen molar-refractivity contribution < 1.29 is 13.2 Å². The number of carbonyl (C=O) groups excluding carboxylic acids is 1. The molecule has 0 aliphatic heterocycles. The summed E-state index contributed by atoms with van der Waals surface area (Å²) in [5, 5.41) is 4.72. The number of carbonyl (C=O) groups is 1. The maximum absolute atomic E-state index is 13.4. The molecule has 1 amide bonds. The fraction of sp³-hybridized carbons (Fsp3) is 0.167. The summed E-state index contributed by atoms with van der Waals surface area (Å²) in [7, 11) is -3.97. The summed E-state index contributed by atoms with van der Waals surface area (Å²) in [6, 6.07) is 20.6. The van der Waals surface area contributed by atoms with Crippen molar-refractivity contribution in [1.82, 2.24) is 5.43 Å². The number of rotatable bonds is 7. The Kier molecular flexibility index (Phi) is 7.33. The molecule has 32 heavy (non-hydrogen) atoms. The van der Waals surface area contributed by atoms with Gasteiger partial charge in [-0.15, -0.1) is 0 Å². The van der Waals surface area contributed by atoms with Crippen LogP contribution < -0.4 is 9.73 Å². The minimum Gasteiger partial charge on any atom is -0.271 e. The smallest absolute Gasteiger partial charge is 0.264 e. The van der Waals surface area contributed by atoms with Crippen LogP contribution in [0.15, 0.2) is 82.8 Å². The molecule has 0 saturated carbocycles. The second-order valence-electron chi connectivity index (χ2n) is 7.35. The molecule has 3 rings (SSSR count). The van der Waals surface area contributed by atoms with E-state index in [-0.39, 0.29) is 4.90 Å². The molecule has 166 valence electrons. The molecule has 0 heterocycles. The van der Waals surface area contributed by atoms with E-state index in [9.17, 15) is 13.2 Å². The Hall–Kier alpha value is -3.16. The second kappa shape index (κ2) is 9.97. The number of halogens is 1. The third-order valence-corrected chi connectivity index (χ3v) is 6.89. The minimum absolute atomic E-state index is 0.106. The molecule has 0 aliphatic rings. The van der Waals surface area contributed by atoms with E-state index >= 15 is 0 Å². The molecule has 0 atom stereocenters. The van der Waals surface area contributed by atoms with Crippen LogP contribution >= 0.6 is 11.6 Å². The molecule has 6 nitrogen and oxygen atoms in total. The van der Waals surface area contributed by atoms with E-state index in [0.717, 1.165) is 21.0 Å². The average Bonchev–Trinajstić information content (AvgIpc) is 2.78. The highest BCUT2D eigenvalue weighted by Gasteiger charge is 2.28. The van der Waals surface area contributed by atoms with Crippen LogP contribution in [-0.2, 0) is 14.8 Å². The van der Waals surface area contributed by atoms with Gasteiger partial charge in [-0.3, -0.25) is 9.10 Å². The van der Waals surface area contributed by atoms with Gasteiger partial charge in [0.2, 0.25) is 0 Å². The fourth-order valence-electron chi connectivity index (χ4n) is 3.08. The molecule has 3 aromatic carbocycles. The van der Waals surface area contributed by atoms with Crippen molar-refractivity contribution in [3.05, 3.63) is 94.5 Å². The first-order valence-electron chi connectivity index (χ1n) is 9.92. The summed E-state index contributed by atoms with van der Waals surface area (Å²) < 4.78 is 28.0. The van der Waals surface area contributed by atoms with Gasteiger partial charge in [0.15, 0.2) is 0 Å². The van der Waals surface area contributed by atoms with Crippen LogP contribution in [0.1, 0.15) is 23.6 Å². The van der Waals surface area contributed by atoms with E-state index in [4.69, 9.17) is 11.6 Å². The van der Waals surface area contributed by atoms with Gasteiger partial charge >= 0.3 is 0 Å².